The summed E-state index contributed by atoms with van der Waals surface area (Å²) in [5.74, 6) is -0.372. The Bertz CT molecular complexity index is 2170. The summed E-state index contributed by atoms with van der Waals surface area (Å²) < 4.78 is 53.0. The van der Waals surface area contributed by atoms with Crippen molar-refractivity contribution in [2.24, 2.45) is 0 Å². The fourth-order valence-corrected chi connectivity index (χ4v) is 6.48. The number of alkyl halides is 3. The normalized spacial score (nSPS) is 14.6. The second-order valence-corrected chi connectivity index (χ2v) is 11.4. The van der Waals surface area contributed by atoms with Gasteiger partial charge in [-0.25, -0.2) is 14.3 Å². The highest BCUT2D eigenvalue weighted by molar-refractivity contribution is 5.94. The van der Waals surface area contributed by atoms with E-state index in [9.17, 15) is 22.8 Å². The number of halogens is 3. The number of fused-ring (bicyclic) bond motifs is 4. The van der Waals surface area contributed by atoms with E-state index in [0.29, 0.717) is 23.3 Å². The average molecular weight is 654 g/mol. The maximum atomic E-state index is 14.1. The number of benzene rings is 4. The molecule has 1 atom stereocenters. The minimum Gasteiger partial charge on any atom is -0.497 e. The molecule has 48 heavy (non-hydrogen) atoms. The van der Waals surface area contributed by atoms with E-state index in [0.717, 1.165) is 50.4 Å². The SMILES string of the molecule is CCOC(=O)c1cnn(-c2ccc(NC(=O)N3CCc4c([nH]c5ccc(OC)cc45)C3c3cccc4ccccc34)cc2)c1C(F)(F)F. The summed E-state index contributed by atoms with van der Waals surface area (Å²) in [4.78, 5) is 31.6. The van der Waals surface area contributed by atoms with Crippen LogP contribution in [0.2, 0.25) is 0 Å². The van der Waals surface area contributed by atoms with Crippen molar-refractivity contribution in [2.45, 2.75) is 25.6 Å². The van der Waals surface area contributed by atoms with Crippen LogP contribution in [0.4, 0.5) is 23.7 Å². The monoisotopic (exact) mass is 653 g/mol. The number of carbonyl (C=O) groups is 2. The fraction of sp³-hybridized carbons (Fsp3) is 0.194. The van der Waals surface area contributed by atoms with E-state index in [1.165, 1.54) is 31.2 Å². The standard InChI is InChI=1S/C36H30F3N5O4/c1-3-48-34(45)29-20-40-44(33(29)36(37,38)39)23-13-11-22(12-14-23)41-35(46)43-18-17-26-28-19-24(47-2)15-16-30(28)42-31(26)32(43)27-10-6-8-21-7-4-5-9-25(21)27/h4-16,19-20,32,42H,3,17-18H2,1-2H3,(H,41,46). The fourth-order valence-electron chi connectivity index (χ4n) is 6.48. The maximum absolute atomic E-state index is 14.1. The summed E-state index contributed by atoms with van der Waals surface area (Å²) >= 11 is 0. The molecule has 7 rings (SSSR count). The maximum Gasteiger partial charge on any atom is 0.434 e. The van der Waals surface area contributed by atoms with Crippen LogP contribution in [-0.2, 0) is 17.3 Å². The van der Waals surface area contributed by atoms with Crippen molar-refractivity contribution in [3.05, 3.63) is 119 Å². The summed E-state index contributed by atoms with van der Waals surface area (Å²) in [6.45, 7) is 1.84. The summed E-state index contributed by atoms with van der Waals surface area (Å²) in [7, 11) is 1.63. The van der Waals surface area contributed by atoms with E-state index >= 15 is 0 Å². The predicted molar refractivity (Wildman–Crippen MR) is 175 cm³/mol. The van der Waals surface area contributed by atoms with Crippen LogP contribution in [0.1, 0.15) is 45.8 Å². The molecule has 0 aliphatic carbocycles. The van der Waals surface area contributed by atoms with Gasteiger partial charge in [0.2, 0.25) is 0 Å². The topological polar surface area (TPSA) is 101 Å². The number of nitrogens with one attached hydrogen (secondary N) is 2. The highest BCUT2D eigenvalue weighted by Gasteiger charge is 2.41. The minimum atomic E-state index is -4.87. The number of hydrogen-bond donors (Lipinski definition) is 2. The Hall–Kier alpha value is -5.78. The average Bonchev–Trinajstić information content (AvgIpc) is 3.71. The number of aromatic amines is 1. The molecule has 1 aliphatic heterocycles. The molecule has 0 radical (unpaired) electrons. The smallest absolute Gasteiger partial charge is 0.434 e. The van der Waals surface area contributed by atoms with E-state index in [2.05, 4.69) is 15.4 Å². The van der Waals surface area contributed by atoms with Gasteiger partial charge < -0.3 is 24.7 Å². The van der Waals surface area contributed by atoms with Crippen molar-refractivity contribution in [2.75, 3.05) is 25.6 Å². The van der Waals surface area contributed by atoms with Crippen LogP contribution in [0.25, 0.3) is 27.4 Å². The van der Waals surface area contributed by atoms with Crippen LogP contribution >= 0.6 is 0 Å². The quantitative estimate of drug-likeness (QED) is 0.178. The molecule has 0 bridgehead atoms. The van der Waals surface area contributed by atoms with Gasteiger partial charge in [0.25, 0.3) is 0 Å². The molecule has 0 saturated heterocycles. The highest BCUT2D eigenvalue weighted by atomic mass is 19.4. The lowest BCUT2D eigenvalue weighted by molar-refractivity contribution is -0.143. The molecule has 2 aromatic heterocycles. The number of amides is 2. The van der Waals surface area contributed by atoms with Crippen LogP contribution in [0, 0.1) is 0 Å². The molecule has 2 amide bonds. The van der Waals surface area contributed by atoms with Crippen LogP contribution in [-0.4, -0.2) is 51.9 Å². The van der Waals surface area contributed by atoms with E-state index in [1.807, 2.05) is 60.7 Å². The lowest BCUT2D eigenvalue weighted by atomic mass is 9.89. The number of hydrogen-bond acceptors (Lipinski definition) is 5. The molecule has 9 nitrogen and oxygen atoms in total. The van der Waals surface area contributed by atoms with Crippen molar-refractivity contribution in [1.82, 2.24) is 19.7 Å². The number of carbonyl (C=O) groups excluding carboxylic acids is 2. The molecule has 3 heterocycles. The van der Waals surface area contributed by atoms with Crippen LogP contribution in [0.15, 0.2) is 91.1 Å². The zero-order valence-corrected chi connectivity index (χ0v) is 26.0. The molecule has 0 spiro atoms. The number of methoxy groups -OCH3 is 1. The Balaban J connectivity index is 1.23. The number of ether oxygens (including phenoxy) is 2. The summed E-state index contributed by atoms with van der Waals surface area (Å²) in [5.41, 5.74) is 2.41. The number of esters is 1. The Morgan fingerprint density at radius 1 is 1.00 bits per heavy atom. The van der Waals surface area contributed by atoms with Crippen molar-refractivity contribution in [1.29, 1.82) is 0 Å². The van der Waals surface area contributed by atoms with E-state index in [4.69, 9.17) is 9.47 Å². The summed E-state index contributed by atoms with van der Waals surface area (Å²) in [6.07, 6.45) is -3.43. The Labute approximate surface area is 272 Å². The van der Waals surface area contributed by atoms with Gasteiger partial charge in [-0.2, -0.15) is 18.3 Å². The number of rotatable bonds is 6. The van der Waals surface area contributed by atoms with Gasteiger partial charge in [0, 0.05) is 28.8 Å². The molecule has 1 unspecified atom stereocenters. The highest BCUT2D eigenvalue weighted by Crippen LogP contribution is 2.42. The number of nitrogens with zero attached hydrogens (tertiary/aromatic N) is 3. The number of H-pyrrole nitrogens is 1. The van der Waals surface area contributed by atoms with E-state index < -0.39 is 29.4 Å². The zero-order chi connectivity index (χ0) is 33.6. The van der Waals surface area contributed by atoms with Gasteiger partial charge in [-0.05, 0) is 77.7 Å². The van der Waals surface area contributed by atoms with Gasteiger partial charge in [0.05, 0.1) is 31.6 Å². The number of aromatic nitrogens is 3. The van der Waals surface area contributed by atoms with Crippen LogP contribution < -0.4 is 10.1 Å². The molecular formula is C36H30F3N5O4. The Kier molecular flexibility index (Phi) is 7.78. The van der Waals surface area contributed by atoms with Gasteiger partial charge in [-0.15, -0.1) is 0 Å². The summed E-state index contributed by atoms with van der Waals surface area (Å²) in [5, 5.41) is 9.85. The van der Waals surface area contributed by atoms with Gasteiger partial charge in [0.15, 0.2) is 5.69 Å². The van der Waals surface area contributed by atoms with Gasteiger partial charge in [-0.1, -0.05) is 42.5 Å². The molecule has 6 aromatic rings. The Morgan fingerprint density at radius 2 is 1.77 bits per heavy atom. The third-order valence-corrected chi connectivity index (χ3v) is 8.61. The van der Waals surface area contributed by atoms with Gasteiger partial charge in [-0.3, -0.25) is 0 Å². The number of urea groups is 1. The molecule has 0 saturated carbocycles. The molecule has 244 valence electrons. The van der Waals surface area contributed by atoms with Crippen molar-refractivity contribution < 1.29 is 32.2 Å². The molecule has 1 aliphatic rings. The third kappa shape index (κ3) is 5.38. The first-order valence-corrected chi connectivity index (χ1v) is 15.3. The first-order valence-electron chi connectivity index (χ1n) is 15.3. The van der Waals surface area contributed by atoms with Crippen LogP contribution in [0.3, 0.4) is 0 Å². The minimum absolute atomic E-state index is 0.0561. The van der Waals surface area contributed by atoms with E-state index in [1.54, 1.807) is 12.0 Å². The summed E-state index contributed by atoms with van der Waals surface area (Å²) in [6, 6.07) is 24.9. The first kappa shape index (κ1) is 30.9. The van der Waals surface area contributed by atoms with Gasteiger partial charge in [0.1, 0.15) is 11.3 Å². The third-order valence-electron chi connectivity index (χ3n) is 8.61. The zero-order valence-electron chi connectivity index (χ0n) is 26.0. The molecule has 4 aromatic carbocycles. The van der Waals surface area contributed by atoms with Crippen molar-refractivity contribution in [3.63, 3.8) is 0 Å². The number of anilines is 1. The molecular weight excluding hydrogens is 623 g/mol. The molecule has 12 heteroatoms. The second kappa shape index (κ2) is 12.1. The van der Waals surface area contributed by atoms with Crippen molar-refractivity contribution >= 4 is 39.4 Å². The van der Waals surface area contributed by atoms with Gasteiger partial charge >= 0.3 is 18.2 Å². The Morgan fingerprint density at radius 3 is 2.52 bits per heavy atom. The lowest BCUT2D eigenvalue weighted by Crippen LogP contribution is -2.43. The molecule has 0 fully saturated rings. The first-order chi connectivity index (χ1) is 23.2. The second-order valence-electron chi connectivity index (χ2n) is 11.4. The molecule has 2 N–H and O–H groups in total. The largest absolute Gasteiger partial charge is 0.497 e. The van der Waals surface area contributed by atoms with Crippen LogP contribution in [0.5, 0.6) is 5.75 Å². The van der Waals surface area contributed by atoms with E-state index in [-0.39, 0.29) is 18.3 Å². The lowest BCUT2D eigenvalue weighted by Gasteiger charge is -2.36. The van der Waals surface area contributed by atoms with Crippen molar-refractivity contribution in [3.8, 4) is 11.4 Å². The predicted octanol–water partition coefficient (Wildman–Crippen LogP) is 7.89.